The maximum absolute atomic E-state index is 3.48. The Hall–Kier alpha value is 0.630. The molecule has 0 aliphatic heterocycles. The van der Waals surface area contributed by atoms with Crippen LogP contribution in [0, 0.1) is 5.92 Å². The SMILES string of the molecule is CC(C)C(Br)=[NH+]C(C)(C)C.[Br-]. The highest BCUT2D eigenvalue weighted by Crippen LogP contribution is 1.98. The fourth-order valence-electron chi connectivity index (χ4n) is 0.503. The Morgan fingerprint density at radius 3 is 1.73 bits per heavy atom. The van der Waals surface area contributed by atoms with Gasteiger partial charge in [-0.15, -0.1) is 0 Å². The van der Waals surface area contributed by atoms with Crippen molar-refractivity contribution >= 4 is 20.6 Å². The zero-order valence-corrected chi connectivity index (χ0v) is 11.0. The average Bonchev–Trinajstić information content (AvgIpc) is 1.60. The fraction of sp³-hybridized carbons (Fsp3) is 0.875. The lowest BCUT2D eigenvalue weighted by atomic mass is 10.1. The van der Waals surface area contributed by atoms with Gasteiger partial charge in [0.1, 0.15) is 0 Å². The molecule has 0 saturated carbocycles. The first-order valence-electron chi connectivity index (χ1n) is 3.63. The molecule has 0 fully saturated rings. The molecule has 1 nitrogen and oxygen atoms in total. The van der Waals surface area contributed by atoms with Crippen molar-refractivity contribution < 1.29 is 22.0 Å². The Kier molecular flexibility index (Phi) is 6.84. The molecule has 0 radical (unpaired) electrons. The van der Waals surface area contributed by atoms with E-state index in [9.17, 15) is 0 Å². The Labute approximate surface area is 88.6 Å². The van der Waals surface area contributed by atoms with Crippen LogP contribution in [0.2, 0.25) is 0 Å². The van der Waals surface area contributed by atoms with Crippen LogP contribution in [-0.2, 0) is 0 Å². The van der Waals surface area contributed by atoms with Gasteiger partial charge in [0.2, 0.25) is 4.62 Å². The summed E-state index contributed by atoms with van der Waals surface area (Å²) in [5.74, 6) is 0.555. The summed E-state index contributed by atoms with van der Waals surface area (Å²) in [6.07, 6.45) is 0. The third-order valence-electron chi connectivity index (χ3n) is 1.00. The molecule has 0 unspecified atom stereocenters. The van der Waals surface area contributed by atoms with Crippen molar-refractivity contribution in [3.63, 3.8) is 0 Å². The van der Waals surface area contributed by atoms with Gasteiger partial charge in [-0.1, -0.05) is 13.8 Å². The highest BCUT2D eigenvalue weighted by Gasteiger charge is 2.16. The summed E-state index contributed by atoms with van der Waals surface area (Å²) in [6.45, 7) is 10.8. The van der Waals surface area contributed by atoms with Gasteiger partial charge in [-0.25, -0.2) is 4.99 Å². The Morgan fingerprint density at radius 1 is 1.27 bits per heavy atom. The standard InChI is InChI=1S/C8H16BrN.BrH/c1-6(2)7(9)10-8(3,4)5;/h6H,1-5H3;1H. The zero-order chi connectivity index (χ0) is 8.36. The third-order valence-corrected chi connectivity index (χ3v) is 2.12. The maximum atomic E-state index is 3.48. The zero-order valence-electron chi connectivity index (χ0n) is 7.83. The van der Waals surface area contributed by atoms with E-state index in [2.05, 4.69) is 55.5 Å². The van der Waals surface area contributed by atoms with Crippen molar-refractivity contribution in [3.8, 4) is 0 Å². The molecule has 0 amide bonds. The molecular formula is C8H17Br2N. The Morgan fingerprint density at radius 2 is 1.64 bits per heavy atom. The lowest BCUT2D eigenvalue weighted by molar-refractivity contribution is -0.537. The average molecular weight is 287 g/mol. The first-order chi connectivity index (χ1) is 4.33. The number of nitrogens with one attached hydrogen (secondary N) is 1. The molecule has 0 aromatic rings. The smallest absolute Gasteiger partial charge is 0.219 e. The fourth-order valence-corrected chi connectivity index (χ4v) is 1.10. The minimum Gasteiger partial charge on any atom is -1.00 e. The topological polar surface area (TPSA) is 14.0 Å². The second kappa shape index (κ2) is 5.31. The summed E-state index contributed by atoms with van der Waals surface area (Å²) >= 11 is 3.48. The molecule has 0 spiro atoms. The van der Waals surface area contributed by atoms with Gasteiger partial charge in [0.05, 0.1) is 0 Å². The Bertz CT molecular complexity index is 134. The molecule has 0 aromatic carbocycles. The third kappa shape index (κ3) is 8.54. The first-order valence-corrected chi connectivity index (χ1v) is 4.43. The van der Waals surface area contributed by atoms with Gasteiger partial charge in [-0.2, -0.15) is 0 Å². The van der Waals surface area contributed by atoms with Crippen molar-refractivity contribution in [2.24, 2.45) is 5.92 Å². The largest absolute Gasteiger partial charge is 1.00 e. The molecule has 0 rings (SSSR count). The molecule has 11 heavy (non-hydrogen) atoms. The van der Waals surface area contributed by atoms with E-state index in [1.807, 2.05) is 0 Å². The minimum absolute atomic E-state index is 0. The summed E-state index contributed by atoms with van der Waals surface area (Å²) in [7, 11) is 0. The van der Waals surface area contributed by atoms with Crippen LogP contribution in [0.3, 0.4) is 0 Å². The van der Waals surface area contributed by atoms with E-state index < -0.39 is 0 Å². The van der Waals surface area contributed by atoms with Crippen LogP contribution < -0.4 is 22.0 Å². The maximum Gasteiger partial charge on any atom is 0.219 e. The van der Waals surface area contributed by atoms with Gasteiger partial charge in [-0.05, 0) is 20.8 Å². The van der Waals surface area contributed by atoms with E-state index in [0.717, 1.165) is 0 Å². The van der Waals surface area contributed by atoms with Crippen molar-refractivity contribution in [2.75, 3.05) is 0 Å². The van der Waals surface area contributed by atoms with Crippen LogP contribution in [0.4, 0.5) is 0 Å². The molecule has 0 aliphatic carbocycles. The van der Waals surface area contributed by atoms with Crippen molar-refractivity contribution in [2.45, 2.75) is 40.2 Å². The van der Waals surface area contributed by atoms with Gasteiger partial charge in [0, 0.05) is 21.8 Å². The lowest BCUT2D eigenvalue weighted by Crippen LogP contribution is -3.00. The summed E-state index contributed by atoms with van der Waals surface area (Å²) in [5, 5.41) is 0. The van der Waals surface area contributed by atoms with Crippen LogP contribution >= 0.6 is 15.9 Å². The Balaban J connectivity index is 0. The quantitative estimate of drug-likeness (QED) is 0.554. The summed E-state index contributed by atoms with van der Waals surface area (Å²) < 4.78 is 1.18. The van der Waals surface area contributed by atoms with Crippen molar-refractivity contribution in [1.29, 1.82) is 0 Å². The molecule has 0 aliphatic rings. The predicted molar refractivity (Wildman–Crippen MR) is 49.5 cm³/mol. The molecule has 1 N–H and O–H groups in total. The van der Waals surface area contributed by atoms with Gasteiger partial charge < -0.3 is 17.0 Å². The molecule has 68 valence electrons. The van der Waals surface area contributed by atoms with Crippen LogP contribution in [0.5, 0.6) is 0 Å². The van der Waals surface area contributed by atoms with Crippen LogP contribution in [0.25, 0.3) is 0 Å². The molecular weight excluding hydrogens is 270 g/mol. The van der Waals surface area contributed by atoms with Crippen molar-refractivity contribution in [3.05, 3.63) is 0 Å². The van der Waals surface area contributed by atoms with Gasteiger partial charge in [0.25, 0.3) is 0 Å². The molecule has 0 aromatic heterocycles. The normalized spacial score (nSPS) is 13.2. The number of hydrogen-bond acceptors (Lipinski definition) is 0. The molecule has 0 bridgehead atoms. The monoisotopic (exact) mass is 285 g/mol. The van der Waals surface area contributed by atoms with E-state index in [0.29, 0.717) is 5.92 Å². The first kappa shape index (κ1) is 14.2. The molecule has 3 heteroatoms. The van der Waals surface area contributed by atoms with E-state index in [1.54, 1.807) is 0 Å². The summed E-state index contributed by atoms with van der Waals surface area (Å²) in [6, 6.07) is 0. The van der Waals surface area contributed by atoms with Crippen molar-refractivity contribution in [1.82, 2.24) is 0 Å². The van der Waals surface area contributed by atoms with Gasteiger partial charge >= 0.3 is 0 Å². The van der Waals surface area contributed by atoms with E-state index in [-0.39, 0.29) is 22.5 Å². The molecule has 0 heterocycles. The molecule has 0 atom stereocenters. The highest BCUT2D eigenvalue weighted by molar-refractivity contribution is 9.18. The second-order valence-electron chi connectivity index (χ2n) is 3.88. The minimum atomic E-state index is 0. The van der Waals surface area contributed by atoms with Gasteiger partial charge in [0.15, 0.2) is 5.54 Å². The lowest BCUT2D eigenvalue weighted by Gasteiger charge is -2.07. The van der Waals surface area contributed by atoms with E-state index in [1.165, 1.54) is 4.62 Å². The van der Waals surface area contributed by atoms with Crippen LogP contribution in [-0.4, -0.2) is 10.2 Å². The number of halogens is 2. The molecule has 0 saturated heterocycles. The van der Waals surface area contributed by atoms with Crippen LogP contribution in [0.15, 0.2) is 0 Å². The summed E-state index contributed by atoms with van der Waals surface area (Å²) in [5.41, 5.74) is 0.170. The van der Waals surface area contributed by atoms with Crippen LogP contribution in [0.1, 0.15) is 34.6 Å². The summed E-state index contributed by atoms with van der Waals surface area (Å²) in [4.78, 5) is 3.35. The van der Waals surface area contributed by atoms with E-state index >= 15 is 0 Å². The van der Waals surface area contributed by atoms with E-state index in [4.69, 9.17) is 0 Å². The predicted octanol–water partition coefficient (Wildman–Crippen LogP) is -1.68. The van der Waals surface area contributed by atoms with Gasteiger partial charge in [-0.3, -0.25) is 0 Å². The number of rotatable bonds is 1. The number of hydrogen-bond donors (Lipinski definition) is 1. The highest BCUT2D eigenvalue weighted by atomic mass is 79.9. The second-order valence-corrected chi connectivity index (χ2v) is 4.73.